The Morgan fingerprint density at radius 2 is 2.09 bits per heavy atom. The Labute approximate surface area is 70.8 Å². The lowest BCUT2D eigenvalue weighted by molar-refractivity contribution is 0.431. The summed E-state index contributed by atoms with van der Waals surface area (Å²) in [6.45, 7) is 0. The lowest BCUT2D eigenvalue weighted by atomic mass is 10.3. The lowest BCUT2D eigenvalue weighted by Gasteiger charge is -2.02. The molecule has 0 aliphatic carbocycles. The average Bonchev–Trinajstić information content (AvgIpc) is 2.07. The second-order valence-electron chi connectivity index (χ2n) is 1.80. The Morgan fingerprint density at radius 3 is 2.73 bits per heavy atom. The zero-order valence-electron chi connectivity index (χ0n) is 5.73. The SMILES string of the molecule is O=[N][Al][O]Nc1ccccc1. The second-order valence-corrected chi connectivity index (χ2v) is 2.45. The first-order valence-electron chi connectivity index (χ1n) is 3.04. The molecule has 0 heterocycles. The van der Waals surface area contributed by atoms with E-state index in [0.717, 1.165) is 5.69 Å². The number of anilines is 1. The Morgan fingerprint density at radius 1 is 1.36 bits per heavy atom. The number of hydrogen-bond acceptors (Lipinski definition) is 4. The fourth-order valence-electron chi connectivity index (χ4n) is 0.622. The summed E-state index contributed by atoms with van der Waals surface area (Å²) in [5.41, 5.74) is 3.41. The molecule has 0 atom stereocenters. The summed E-state index contributed by atoms with van der Waals surface area (Å²) in [6, 6.07) is 9.31. The van der Waals surface area contributed by atoms with E-state index in [1.165, 1.54) is 0 Å². The molecule has 0 bridgehead atoms. The van der Waals surface area contributed by atoms with Gasteiger partial charge in [-0.3, -0.25) is 5.48 Å². The quantitative estimate of drug-likeness (QED) is 0.317. The van der Waals surface area contributed by atoms with Crippen molar-refractivity contribution >= 4 is 21.5 Å². The van der Waals surface area contributed by atoms with Crippen molar-refractivity contribution in [3.63, 3.8) is 0 Å². The Kier molecular flexibility index (Phi) is 3.63. The minimum Gasteiger partial charge on any atom is -0.375 e. The van der Waals surface area contributed by atoms with Crippen molar-refractivity contribution in [3.05, 3.63) is 35.2 Å². The Hall–Kier alpha value is -0.888. The van der Waals surface area contributed by atoms with Crippen LogP contribution >= 0.6 is 0 Å². The van der Waals surface area contributed by atoms with Gasteiger partial charge in [0.2, 0.25) is 0 Å². The van der Waals surface area contributed by atoms with Crippen LogP contribution in [0, 0.1) is 4.91 Å². The third-order valence-corrected chi connectivity index (χ3v) is 1.36. The Bertz CT molecular complexity index is 217. The summed E-state index contributed by atoms with van der Waals surface area (Å²) in [5.74, 6) is 0. The van der Waals surface area contributed by atoms with Crippen molar-refractivity contribution < 1.29 is 3.89 Å². The largest absolute Gasteiger partial charge is 0.716 e. The molecule has 1 radical (unpaired) electrons. The second kappa shape index (κ2) is 4.86. The van der Waals surface area contributed by atoms with Crippen LogP contribution in [0.2, 0.25) is 0 Å². The Balaban J connectivity index is 2.33. The van der Waals surface area contributed by atoms with Gasteiger partial charge in [0.15, 0.2) is 0 Å². The molecular weight excluding hydrogens is 159 g/mol. The van der Waals surface area contributed by atoms with Gasteiger partial charge >= 0.3 is 15.8 Å². The first-order valence-corrected chi connectivity index (χ1v) is 4.03. The molecule has 0 saturated carbocycles. The number of rotatable bonds is 4. The van der Waals surface area contributed by atoms with Crippen molar-refractivity contribution in [1.82, 2.24) is 0 Å². The smallest absolute Gasteiger partial charge is 0.375 e. The molecule has 0 spiro atoms. The van der Waals surface area contributed by atoms with Gasteiger partial charge in [-0.2, -0.15) is 9.07 Å². The highest BCUT2D eigenvalue weighted by atomic mass is 27.1. The standard InChI is InChI=1S/C6H6NO.Al.NO/c8-7-6-4-2-1-3-5-6;;1-2/h1-5,7H;;/q-1;+2;-1. The predicted octanol–water partition coefficient (Wildman–Crippen LogP) is 1.33. The van der Waals surface area contributed by atoms with Crippen molar-refractivity contribution in [2.75, 3.05) is 5.48 Å². The maximum absolute atomic E-state index is 9.62. The van der Waals surface area contributed by atoms with E-state index in [0.29, 0.717) is 0 Å². The third kappa shape index (κ3) is 3.14. The third-order valence-electron chi connectivity index (χ3n) is 1.05. The highest BCUT2D eigenvalue weighted by Gasteiger charge is 1.94. The molecule has 4 nitrogen and oxygen atoms in total. The number of nitrogens with one attached hydrogen (secondary N) is 1. The van der Waals surface area contributed by atoms with E-state index in [-0.39, 0.29) is 0 Å². The van der Waals surface area contributed by atoms with Crippen LogP contribution in [0.5, 0.6) is 0 Å². The number of benzene rings is 1. The highest BCUT2D eigenvalue weighted by molar-refractivity contribution is 6.24. The number of nitrogens with zero attached hydrogens (tertiary/aromatic N) is 1. The minimum atomic E-state index is -0.833. The van der Waals surface area contributed by atoms with Crippen LogP contribution < -0.4 is 5.48 Å². The highest BCUT2D eigenvalue weighted by Crippen LogP contribution is 2.03. The van der Waals surface area contributed by atoms with Gasteiger partial charge in [0.25, 0.3) is 0 Å². The van der Waals surface area contributed by atoms with Crippen LogP contribution in [0.25, 0.3) is 0 Å². The maximum atomic E-state index is 9.62. The molecular formula is C6H6AlN2O2. The minimum absolute atomic E-state index is 0.823. The number of nitroso groups, excluding NO2 is 1. The summed E-state index contributed by atoms with van der Waals surface area (Å²) < 4.78 is 7.32. The van der Waals surface area contributed by atoms with Gasteiger partial charge in [-0.05, 0) is 12.1 Å². The van der Waals surface area contributed by atoms with Crippen LogP contribution in [-0.2, 0) is 3.89 Å². The first-order chi connectivity index (χ1) is 5.43. The monoisotopic (exact) mass is 165 g/mol. The molecule has 0 aliphatic rings. The number of para-hydroxylation sites is 1. The fraction of sp³-hybridized carbons (Fsp3) is 0. The van der Waals surface area contributed by atoms with E-state index in [4.69, 9.17) is 3.89 Å². The zero-order valence-corrected chi connectivity index (χ0v) is 6.88. The van der Waals surface area contributed by atoms with Gasteiger partial charge in [0, 0.05) is 0 Å². The van der Waals surface area contributed by atoms with Gasteiger partial charge in [-0.15, -0.1) is 0 Å². The van der Waals surface area contributed by atoms with E-state index in [1.54, 1.807) is 0 Å². The molecule has 11 heavy (non-hydrogen) atoms. The van der Waals surface area contributed by atoms with Gasteiger partial charge in [0.1, 0.15) is 0 Å². The molecule has 5 heteroatoms. The topological polar surface area (TPSA) is 50.7 Å². The molecule has 0 unspecified atom stereocenters. The molecule has 0 saturated heterocycles. The van der Waals surface area contributed by atoms with E-state index in [9.17, 15) is 4.91 Å². The van der Waals surface area contributed by atoms with E-state index in [1.807, 2.05) is 30.3 Å². The summed E-state index contributed by atoms with van der Waals surface area (Å²) in [4.78, 5) is 9.62. The molecule has 55 valence electrons. The normalized spacial score (nSPS) is 8.73. The zero-order chi connectivity index (χ0) is 7.94. The lowest BCUT2D eigenvalue weighted by Crippen LogP contribution is -2.02. The van der Waals surface area contributed by atoms with Crippen LogP contribution in [0.1, 0.15) is 0 Å². The van der Waals surface area contributed by atoms with Crippen LogP contribution in [0.15, 0.2) is 34.5 Å². The molecule has 0 fully saturated rings. The molecule has 1 aromatic carbocycles. The molecule has 0 aromatic heterocycles. The summed E-state index contributed by atoms with van der Waals surface area (Å²) in [5, 5.41) is 0. The van der Waals surface area contributed by atoms with Crippen LogP contribution in [0.3, 0.4) is 0 Å². The number of hydrogen-bond donors (Lipinski definition) is 1. The summed E-state index contributed by atoms with van der Waals surface area (Å²) in [6.07, 6.45) is 0. The van der Waals surface area contributed by atoms with Crippen molar-refractivity contribution in [2.24, 2.45) is 4.16 Å². The van der Waals surface area contributed by atoms with Crippen molar-refractivity contribution in [1.29, 1.82) is 0 Å². The van der Waals surface area contributed by atoms with E-state index in [2.05, 4.69) is 9.64 Å². The predicted molar refractivity (Wildman–Crippen MR) is 42.7 cm³/mol. The van der Waals surface area contributed by atoms with Gasteiger partial charge < -0.3 is 3.89 Å². The average molecular weight is 165 g/mol. The molecule has 0 aliphatic heterocycles. The summed E-state index contributed by atoms with van der Waals surface area (Å²) >= 11 is -0.833. The van der Waals surface area contributed by atoms with Gasteiger partial charge in [0.05, 0.1) is 5.69 Å². The molecule has 0 amide bonds. The van der Waals surface area contributed by atoms with Crippen molar-refractivity contribution in [3.8, 4) is 0 Å². The molecule has 1 rings (SSSR count). The van der Waals surface area contributed by atoms with Gasteiger partial charge in [-0.25, -0.2) is 0 Å². The van der Waals surface area contributed by atoms with Crippen molar-refractivity contribution in [2.45, 2.75) is 0 Å². The van der Waals surface area contributed by atoms with Crippen LogP contribution in [-0.4, -0.2) is 15.8 Å². The summed E-state index contributed by atoms with van der Waals surface area (Å²) in [7, 11) is 0. The molecule has 1 aromatic rings. The fourth-order valence-corrected chi connectivity index (χ4v) is 0.854. The van der Waals surface area contributed by atoms with E-state index >= 15 is 0 Å². The van der Waals surface area contributed by atoms with Crippen LogP contribution in [0.4, 0.5) is 5.69 Å². The van der Waals surface area contributed by atoms with E-state index < -0.39 is 15.8 Å². The molecule has 1 N–H and O–H groups in total. The first kappa shape index (κ1) is 8.21. The maximum Gasteiger partial charge on any atom is 0.716 e. The van der Waals surface area contributed by atoms with Gasteiger partial charge in [-0.1, -0.05) is 18.2 Å².